The molecule has 3 unspecified atom stereocenters. The molecule has 1 aliphatic carbocycles. The molecule has 1 heteroatoms. The largest absolute Gasteiger partial charge is 0.386 e. The van der Waals surface area contributed by atoms with E-state index in [9.17, 15) is 5.11 Å². The number of allylic oxidation sites excluding steroid dienone is 2. The summed E-state index contributed by atoms with van der Waals surface area (Å²) in [4.78, 5) is 0. The average molecular weight is 222 g/mol. The van der Waals surface area contributed by atoms with E-state index in [-0.39, 0.29) is 5.41 Å². The van der Waals surface area contributed by atoms with E-state index in [1.54, 1.807) is 6.08 Å². The SMILES string of the molecule is C=CC(C)(O)CCC1(C)C(C)=CCCC1C. The Morgan fingerprint density at radius 1 is 1.69 bits per heavy atom. The third-order valence-corrected chi connectivity index (χ3v) is 4.63. The molecule has 0 radical (unpaired) electrons. The molecule has 0 aromatic heterocycles. The van der Waals surface area contributed by atoms with Gasteiger partial charge in [0.2, 0.25) is 0 Å². The summed E-state index contributed by atoms with van der Waals surface area (Å²) >= 11 is 0. The zero-order chi connectivity index (χ0) is 12.4. The zero-order valence-electron chi connectivity index (χ0n) is 11.2. The molecule has 0 saturated carbocycles. The second-order valence-corrected chi connectivity index (χ2v) is 5.84. The van der Waals surface area contributed by atoms with E-state index < -0.39 is 5.60 Å². The Morgan fingerprint density at radius 2 is 2.31 bits per heavy atom. The highest BCUT2D eigenvalue weighted by Crippen LogP contribution is 2.46. The lowest BCUT2D eigenvalue weighted by Crippen LogP contribution is -2.32. The van der Waals surface area contributed by atoms with Crippen LogP contribution in [-0.2, 0) is 0 Å². The molecular formula is C15H26O. The molecule has 0 aromatic carbocycles. The first-order chi connectivity index (χ1) is 7.32. The van der Waals surface area contributed by atoms with E-state index in [2.05, 4.69) is 33.4 Å². The highest BCUT2D eigenvalue weighted by Gasteiger charge is 2.35. The molecule has 1 nitrogen and oxygen atoms in total. The molecule has 3 atom stereocenters. The van der Waals surface area contributed by atoms with E-state index in [1.807, 2.05) is 6.92 Å². The quantitative estimate of drug-likeness (QED) is 0.710. The third-order valence-electron chi connectivity index (χ3n) is 4.63. The standard InChI is InChI=1S/C15H26O/c1-6-14(4,16)10-11-15(5)12(2)8-7-9-13(15)3/h6,8,13,16H,1,7,9-11H2,2-5H3. The first kappa shape index (κ1) is 13.5. The van der Waals surface area contributed by atoms with Gasteiger partial charge in [0.1, 0.15) is 0 Å². The predicted octanol–water partition coefficient (Wildman–Crippen LogP) is 4.09. The lowest BCUT2D eigenvalue weighted by atomic mass is 9.64. The van der Waals surface area contributed by atoms with Crippen molar-refractivity contribution in [2.45, 2.75) is 59.0 Å². The van der Waals surface area contributed by atoms with Gasteiger partial charge in [0.25, 0.3) is 0 Å². The summed E-state index contributed by atoms with van der Waals surface area (Å²) in [7, 11) is 0. The van der Waals surface area contributed by atoms with Crippen LogP contribution in [0.25, 0.3) is 0 Å². The summed E-state index contributed by atoms with van der Waals surface area (Å²) in [5.41, 5.74) is 1.03. The highest BCUT2D eigenvalue weighted by molar-refractivity contribution is 5.16. The minimum absolute atomic E-state index is 0.255. The van der Waals surface area contributed by atoms with E-state index in [1.165, 1.54) is 18.4 Å². The van der Waals surface area contributed by atoms with Crippen LogP contribution in [-0.4, -0.2) is 10.7 Å². The summed E-state index contributed by atoms with van der Waals surface area (Å²) in [6.07, 6.45) is 8.33. The van der Waals surface area contributed by atoms with E-state index in [4.69, 9.17) is 0 Å². The zero-order valence-corrected chi connectivity index (χ0v) is 11.2. The van der Waals surface area contributed by atoms with Crippen LogP contribution in [0.4, 0.5) is 0 Å². The number of aliphatic hydroxyl groups is 1. The number of hydrogen-bond acceptors (Lipinski definition) is 1. The van der Waals surface area contributed by atoms with Gasteiger partial charge < -0.3 is 5.11 Å². The van der Waals surface area contributed by atoms with Gasteiger partial charge in [-0.25, -0.2) is 0 Å². The molecule has 92 valence electrons. The first-order valence-corrected chi connectivity index (χ1v) is 6.35. The Morgan fingerprint density at radius 3 is 2.81 bits per heavy atom. The summed E-state index contributed by atoms with van der Waals surface area (Å²) in [6, 6.07) is 0. The molecule has 0 aromatic rings. The summed E-state index contributed by atoms with van der Waals surface area (Å²) < 4.78 is 0. The van der Waals surface area contributed by atoms with Gasteiger partial charge in [-0.2, -0.15) is 0 Å². The fourth-order valence-electron chi connectivity index (χ4n) is 2.55. The van der Waals surface area contributed by atoms with Crippen molar-refractivity contribution in [1.82, 2.24) is 0 Å². The van der Waals surface area contributed by atoms with Crippen molar-refractivity contribution >= 4 is 0 Å². The normalized spacial score (nSPS) is 34.1. The molecular weight excluding hydrogens is 196 g/mol. The Kier molecular flexibility index (Phi) is 4.01. The van der Waals surface area contributed by atoms with Gasteiger partial charge in [-0.15, -0.1) is 6.58 Å². The van der Waals surface area contributed by atoms with Gasteiger partial charge in [0, 0.05) is 0 Å². The van der Waals surface area contributed by atoms with Crippen LogP contribution in [0.15, 0.2) is 24.3 Å². The lowest BCUT2D eigenvalue weighted by molar-refractivity contribution is 0.0759. The number of hydrogen-bond donors (Lipinski definition) is 1. The molecule has 0 spiro atoms. The molecule has 0 aliphatic heterocycles. The van der Waals surface area contributed by atoms with E-state index in [0.717, 1.165) is 12.8 Å². The Bertz CT molecular complexity index is 288. The fraction of sp³-hybridized carbons (Fsp3) is 0.733. The Labute approximate surface area is 100 Å². The van der Waals surface area contributed by atoms with E-state index >= 15 is 0 Å². The maximum absolute atomic E-state index is 10.0. The smallest absolute Gasteiger partial charge is 0.0797 e. The fourth-order valence-corrected chi connectivity index (χ4v) is 2.55. The second kappa shape index (κ2) is 4.75. The molecule has 0 heterocycles. The van der Waals surface area contributed by atoms with Gasteiger partial charge in [0.15, 0.2) is 0 Å². The first-order valence-electron chi connectivity index (χ1n) is 6.35. The predicted molar refractivity (Wildman–Crippen MR) is 70.3 cm³/mol. The Balaban J connectivity index is 2.73. The van der Waals surface area contributed by atoms with Crippen LogP contribution in [0.2, 0.25) is 0 Å². The van der Waals surface area contributed by atoms with Crippen molar-refractivity contribution in [3.8, 4) is 0 Å². The molecule has 0 fully saturated rings. The highest BCUT2D eigenvalue weighted by atomic mass is 16.3. The van der Waals surface area contributed by atoms with Crippen LogP contribution in [0.5, 0.6) is 0 Å². The van der Waals surface area contributed by atoms with Crippen molar-refractivity contribution in [3.63, 3.8) is 0 Å². The molecule has 0 bridgehead atoms. The minimum Gasteiger partial charge on any atom is -0.386 e. The maximum atomic E-state index is 10.0. The molecule has 1 rings (SSSR count). The van der Waals surface area contributed by atoms with Crippen LogP contribution >= 0.6 is 0 Å². The van der Waals surface area contributed by atoms with Gasteiger partial charge in [0.05, 0.1) is 5.60 Å². The van der Waals surface area contributed by atoms with Gasteiger partial charge in [-0.05, 0) is 50.9 Å². The summed E-state index contributed by atoms with van der Waals surface area (Å²) in [6.45, 7) is 12.4. The van der Waals surface area contributed by atoms with Gasteiger partial charge in [-0.1, -0.05) is 31.6 Å². The van der Waals surface area contributed by atoms with Crippen molar-refractivity contribution in [3.05, 3.63) is 24.3 Å². The monoisotopic (exact) mass is 222 g/mol. The molecule has 1 aliphatic rings. The van der Waals surface area contributed by atoms with Crippen LogP contribution in [0.1, 0.15) is 53.4 Å². The topological polar surface area (TPSA) is 20.2 Å². The number of rotatable bonds is 4. The lowest BCUT2D eigenvalue weighted by Gasteiger charge is -2.41. The van der Waals surface area contributed by atoms with Gasteiger partial charge >= 0.3 is 0 Å². The second-order valence-electron chi connectivity index (χ2n) is 5.84. The molecule has 16 heavy (non-hydrogen) atoms. The van der Waals surface area contributed by atoms with Crippen LogP contribution in [0, 0.1) is 11.3 Å². The Hall–Kier alpha value is -0.560. The summed E-state index contributed by atoms with van der Waals surface area (Å²) in [5, 5.41) is 10.0. The van der Waals surface area contributed by atoms with Crippen molar-refractivity contribution < 1.29 is 5.11 Å². The average Bonchev–Trinajstić information content (AvgIpc) is 2.24. The van der Waals surface area contributed by atoms with Crippen LogP contribution in [0.3, 0.4) is 0 Å². The molecule has 0 saturated heterocycles. The van der Waals surface area contributed by atoms with Crippen molar-refractivity contribution in [1.29, 1.82) is 0 Å². The summed E-state index contributed by atoms with van der Waals surface area (Å²) in [5.74, 6) is 0.707. The minimum atomic E-state index is -0.722. The molecule has 0 amide bonds. The van der Waals surface area contributed by atoms with Gasteiger partial charge in [-0.3, -0.25) is 0 Å². The van der Waals surface area contributed by atoms with E-state index in [0.29, 0.717) is 5.92 Å². The van der Waals surface area contributed by atoms with Crippen molar-refractivity contribution in [2.24, 2.45) is 11.3 Å². The maximum Gasteiger partial charge on any atom is 0.0797 e. The van der Waals surface area contributed by atoms with Crippen LogP contribution < -0.4 is 0 Å². The third kappa shape index (κ3) is 2.76. The molecule has 1 N–H and O–H groups in total. The van der Waals surface area contributed by atoms with Crippen molar-refractivity contribution in [2.75, 3.05) is 0 Å².